The summed E-state index contributed by atoms with van der Waals surface area (Å²) in [6.45, 7) is 5.46. The van der Waals surface area contributed by atoms with Gasteiger partial charge in [0, 0.05) is 6.04 Å². The summed E-state index contributed by atoms with van der Waals surface area (Å²) in [5.74, 6) is 0. The smallest absolute Gasteiger partial charge is 0.324 e. The average molecular weight is 300 g/mol. The van der Waals surface area contributed by atoms with Gasteiger partial charge < -0.3 is 5.73 Å². The minimum Gasteiger partial charge on any atom is -0.324 e. The summed E-state index contributed by atoms with van der Waals surface area (Å²) in [5, 5.41) is -0.316. The van der Waals surface area contributed by atoms with E-state index in [-0.39, 0.29) is 17.4 Å². The highest BCUT2D eigenvalue weighted by Crippen LogP contribution is 2.36. The van der Waals surface area contributed by atoms with E-state index >= 15 is 0 Å². The lowest BCUT2D eigenvalue weighted by Gasteiger charge is -2.15. The number of rotatable bonds is 3. The van der Waals surface area contributed by atoms with E-state index in [0.29, 0.717) is 12.0 Å². The molecule has 102 valence electrons. The molecule has 0 unspecified atom stereocenters. The quantitative estimate of drug-likeness (QED) is 0.801. The van der Waals surface area contributed by atoms with Crippen LogP contribution in [-0.2, 0) is 6.18 Å². The summed E-state index contributed by atoms with van der Waals surface area (Å²) in [7, 11) is 0. The standard InChI is InChI=1S/C12H13ClF3N.ClH/c1-7(2)5-11(17)8-3-4-10(13)9(6-8)12(14,15)16;/h3-4,6,11H,1,5,17H2,2H3;1H/t11-;/m1./s1. The third-order valence-electron chi connectivity index (χ3n) is 2.29. The van der Waals surface area contributed by atoms with Crippen molar-refractivity contribution in [1.82, 2.24) is 0 Å². The molecule has 0 radical (unpaired) electrons. The molecule has 0 aliphatic heterocycles. The van der Waals surface area contributed by atoms with Crippen LogP contribution >= 0.6 is 24.0 Å². The monoisotopic (exact) mass is 299 g/mol. The van der Waals surface area contributed by atoms with Crippen LogP contribution in [0.3, 0.4) is 0 Å². The lowest BCUT2D eigenvalue weighted by Crippen LogP contribution is -2.13. The lowest BCUT2D eigenvalue weighted by atomic mass is 9.99. The van der Waals surface area contributed by atoms with E-state index in [9.17, 15) is 13.2 Å². The van der Waals surface area contributed by atoms with E-state index < -0.39 is 17.8 Å². The van der Waals surface area contributed by atoms with Gasteiger partial charge in [-0.1, -0.05) is 23.2 Å². The van der Waals surface area contributed by atoms with E-state index in [1.165, 1.54) is 12.1 Å². The molecule has 0 spiro atoms. The molecule has 0 heterocycles. The van der Waals surface area contributed by atoms with E-state index in [4.69, 9.17) is 17.3 Å². The van der Waals surface area contributed by atoms with E-state index in [2.05, 4.69) is 6.58 Å². The molecule has 18 heavy (non-hydrogen) atoms. The Labute approximate surface area is 115 Å². The van der Waals surface area contributed by atoms with Gasteiger partial charge in [0.15, 0.2) is 0 Å². The number of benzene rings is 1. The Morgan fingerprint density at radius 3 is 2.44 bits per heavy atom. The van der Waals surface area contributed by atoms with Gasteiger partial charge in [0.05, 0.1) is 10.6 Å². The van der Waals surface area contributed by atoms with E-state index in [1.807, 2.05) is 0 Å². The molecule has 1 rings (SSSR count). The Balaban J connectivity index is 0.00000289. The van der Waals surface area contributed by atoms with Crippen LogP contribution in [0.25, 0.3) is 0 Å². The SMILES string of the molecule is C=C(C)C[C@@H](N)c1ccc(Cl)c(C(F)(F)F)c1.Cl. The topological polar surface area (TPSA) is 26.0 Å². The van der Waals surface area contributed by atoms with Crippen molar-refractivity contribution in [1.29, 1.82) is 0 Å². The maximum absolute atomic E-state index is 12.6. The van der Waals surface area contributed by atoms with Crippen LogP contribution < -0.4 is 5.73 Å². The zero-order valence-corrected chi connectivity index (χ0v) is 11.3. The molecule has 6 heteroatoms. The van der Waals surface area contributed by atoms with Crippen molar-refractivity contribution in [2.45, 2.75) is 25.6 Å². The largest absolute Gasteiger partial charge is 0.417 e. The Bertz CT molecular complexity index is 430. The van der Waals surface area contributed by atoms with Gasteiger partial charge in [0.1, 0.15) is 0 Å². The van der Waals surface area contributed by atoms with Crippen LogP contribution in [0.4, 0.5) is 13.2 Å². The van der Waals surface area contributed by atoms with Crippen LogP contribution in [-0.4, -0.2) is 0 Å². The second-order valence-electron chi connectivity index (χ2n) is 4.00. The van der Waals surface area contributed by atoms with Gasteiger partial charge in [0.2, 0.25) is 0 Å². The fourth-order valence-corrected chi connectivity index (χ4v) is 1.71. The minimum absolute atomic E-state index is 0. The highest BCUT2D eigenvalue weighted by molar-refractivity contribution is 6.31. The number of nitrogens with two attached hydrogens (primary N) is 1. The fraction of sp³-hybridized carbons (Fsp3) is 0.333. The van der Waals surface area contributed by atoms with Gasteiger partial charge in [-0.25, -0.2) is 0 Å². The molecule has 1 atom stereocenters. The van der Waals surface area contributed by atoms with Crippen molar-refractivity contribution >= 4 is 24.0 Å². The van der Waals surface area contributed by atoms with E-state index in [1.54, 1.807) is 6.92 Å². The maximum atomic E-state index is 12.6. The average Bonchev–Trinajstić information content (AvgIpc) is 2.15. The first-order chi connectivity index (χ1) is 7.71. The normalized spacial score (nSPS) is 12.8. The molecular formula is C12H14Cl2F3N. The molecule has 1 nitrogen and oxygen atoms in total. The molecule has 0 aromatic heterocycles. The predicted octanol–water partition coefficient (Wildman–Crippen LogP) is 4.75. The minimum atomic E-state index is -4.46. The second-order valence-corrected chi connectivity index (χ2v) is 4.41. The van der Waals surface area contributed by atoms with Gasteiger partial charge in [-0.3, -0.25) is 0 Å². The van der Waals surface area contributed by atoms with Crippen LogP contribution in [0.5, 0.6) is 0 Å². The third-order valence-corrected chi connectivity index (χ3v) is 2.62. The number of halogens is 5. The molecule has 2 N–H and O–H groups in total. The van der Waals surface area contributed by atoms with Crippen LogP contribution in [0.2, 0.25) is 5.02 Å². The highest BCUT2D eigenvalue weighted by Gasteiger charge is 2.33. The zero-order valence-electron chi connectivity index (χ0n) is 9.72. The summed E-state index contributed by atoms with van der Waals surface area (Å²) in [5.41, 5.74) is 6.16. The van der Waals surface area contributed by atoms with Crippen molar-refractivity contribution < 1.29 is 13.2 Å². The highest BCUT2D eigenvalue weighted by atomic mass is 35.5. The van der Waals surface area contributed by atoms with Gasteiger partial charge in [-0.15, -0.1) is 19.0 Å². The molecule has 0 saturated heterocycles. The summed E-state index contributed by atoms with van der Waals surface area (Å²) < 4.78 is 37.8. The third kappa shape index (κ3) is 4.52. The summed E-state index contributed by atoms with van der Waals surface area (Å²) >= 11 is 5.51. The van der Waals surface area contributed by atoms with Crippen molar-refractivity contribution in [2.75, 3.05) is 0 Å². The molecular weight excluding hydrogens is 286 g/mol. The lowest BCUT2D eigenvalue weighted by molar-refractivity contribution is -0.137. The van der Waals surface area contributed by atoms with Crippen LogP contribution in [0, 0.1) is 0 Å². The number of hydrogen-bond donors (Lipinski definition) is 1. The second kappa shape index (κ2) is 6.45. The first kappa shape index (κ1) is 17.3. The fourth-order valence-electron chi connectivity index (χ4n) is 1.48. The summed E-state index contributed by atoms with van der Waals surface area (Å²) in [4.78, 5) is 0. The van der Waals surface area contributed by atoms with Crippen molar-refractivity contribution in [2.24, 2.45) is 5.73 Å². The molecule has 0 aliphatic carbocycles. The Hall–Kier alpha value is -0.710. The summed E-state index contributed by atoms with van der Waals surface area (Å²) in [6.07, 6.45) is -4.02. The first-order valence-corrected chi connectivity index (χ1v) is 5.36. The molecule has 0 fully saturated rings. The molecule has 0 amide bonds. The summed E-state index contributed by atoms with van der Waals surface area (Å²) in [6, 6.07) is 3.23. The van der Waals surface area contributed by atoms with Crippen molar-refractivity contribution in [3.8, 4) is 0 Å². The Morgan fingerprint density at radius 2 is 2.00 bits per heavy atom. The molecule has 0 bridgehead atoms. The zero-order chi connectivity index (χ0) is 13.2. The maximum Gasteiger partial charge on any atom is 0.417 e. The first-order valence-electron chi connectivity index (χ1n) is 4.98. The molecule has 0 saturated carbocycles. The van der Waals surface area contributed by atoms with E-state index in [0.717, 1.165) is 11.6 Å². The van der Waals surface area contributed by atoms with Crippen LogP contribution in [0.1, 0.15) is 30.5 Å². The van der Waals surface area contributed by atoms with Crippen LogP contribution in [0.15, 0.2) is 30.4 Å². The number of hydrogen-bond acceptors (Lipinski definition) is 1. The molecule has 0 aliphatic rings. The van der Waals surface area contributed by atoms with Gasteiger partial charge in [-0.2, -0.15) is 13.2 Å². The van der Waals surface area contributed by atoms with Gasteiger partial charge in [0.25, 0.3) is 0 Å². The predicted molar refractivity (Wildman–Crippen MR) is 70.1 cm³/mol. The number of alkyl halides is 3. The Kier molecular flexibility index (Phi) is 6.20. The van der Waals surface area contributed by atoms with Crippen molar-refractivity contribution in [3.63, 3.8) is 0 Å². The molecule has 1 aromatic rings. The van der Waals surface area contributed by atoms with Crippen molar-refractivity contribution in [3.05, 3.63) is 46.5 Å². The Morgan fingerprint density at radius 1 is 1.44 bits per heavy atom. The van der Waals surface area contributed by atoms with Gasteiger partial charge in [-0.05, 0) is 31.0 Å². The van der Waals surface area contributed by atoms with Gasteiger partial charge >= 0.3 is 6.18 Å². The molecule has 1 aromatic carbocycles.